The quantitative estimate of drug-likeness (QED) is 0.553. The van der Waals surface area contributed by atoms with Gasteiger partial charge in [0.05, 0.1) is 32.2 Å². The van der Waals surface area contributed by atoms with Crippen molar-refractivity contribution in [2.45, 2.75) is 27.3 Å². The number of hydrogen-bond acceptors (Lipinski definition) is 7. The molecule has 3 aromatic rings. The number of aryl methyl sites for hydroxylation is 2. The molecule has 0 atom stereocenters. The van der Waals surface area contributed by atoms with Crippen LogP contribution in [0.2, 0.25) is 0 Å². The van der Waals surface area contributed by atoms with E-state index in [2.05, 4.69) is 10.1 Å². The van der Waals surface area contributed by atoms with Crippen LogP contribution in [0.15, 0.2) is 47.4 Å². The average Bonchev–Trinajstić information content (AvgIpc) is 2.73. The Kier molecular flexibility index (Phi) is 6.46. The minimum absolute atomic E-state index is 0.129. The summed E-state index contributed by atoms with van der Waals surface area (Å²) in [6.07, 6.45) is 1.41. The summed E-state index contributed by atoms with van der Waals surface area (Å²) < 4.78 is 17.3. The minimum atomic E-state index is -0.506. The highest BCUT2D eigenvalue weighted by molar-refractivity contribution is 5.87. The van der Waals surface area contributed by atoms with Crippen LogP contribution in [0.25, 0.3) is 0 Å². The van der Waals surface area contributed by atoms with E-state index in [9.17, 15) is 9.59 Å². The SMILES string of the molecule is CCOC(=O)c1cc(C)c(Oc2cc(C)nn(Cc3ccc(OC)cc3)c2=O)cn1. The van der Waals surface area contributed by atoms with Gasteiger partial charge in [-0.2, -0.15) is 5.10 Å². The number of ether oxygens (including phenoxy) is 3. The number of pyridine rings is 1. The number of aromatic nitrogens is 3. The van der Waals surface area contributed by atoms with Crippen LogP contribution >= 0.6 is 0 Å². The molecule has 3 rings (SSSR count). The molecular weight excluding hydrogens is 386 g/mol. The smallest absolute Gasteiger partial charge is 0.356 e. The molecule has 0 spiro atoms. The highest BCUT2D eigenvalue weighted by Gasteiger charge is 2.14. The van der Waals surface area contributed by atoms with Gasteiger partial charge in [-0.25, -0.2) is 14.5 Å². The topological polar surface area (TPSA) is 92.5 Å². The van der Waals surface area contributed by atoms with Gasteiger partial charge in [-0.15, -0.1) is 0 Å². The minimum Gasteiger partial charge on any atom is -0.497 e. The second-order valence-electron chi connectivity index (χ2n) is 6.62. The number of rotatable bonds is 7. The maximum atomic E-state index is 12.9. The number of esters is 1. The second kappa shape index (κ2) is 9.21. The molecule has 0 saturated carbocycles. The van der Waals surface area contributed by atoms with E-state index in [1.807, 2.05) is 24.3 Å². The van der Waals surface area contributed by atoms with Crippen LogP contribution in [-0.4, -0.2) is 34.5 Å². The van der Waals surface area contributed by atoms with Crippen molar-refractivity contribution in [2.75, 3.05) is 13.7 Å². The Morgan fingerprint density at radius 2 is 1.83 bits per heavy atom. The molecule has 156 valence electrons. The summed E-state index contributed by atoms with van der Waals surface area (Å²) in [5.74, 6) is 0.738. The van der Waals surface area contributed by atoms with Gasteiger partial charge in [-0.3, -0.25) is 4.79 Å². The van der Waals surface area contributed by atoms with Gasteiger partial charge in [-0.1, -0.05) is 12.1 Å². The number of nitrogens with zero attached hydrogens (tertiary/aromatic N) is 3. The third-order valence-electron chi connectivity index (χ3n) is 4.32. The summed E-state index contributed by atoms with van der Waals surface area (Å²) >= 11 is 0. The van der Waals surface area contributed by atoms with Crippen molar-refractivity contribution < 1.29 is 19.0 Å². The van der Waals surface area contributed by atoms with E-state index in [1.54, 1.807) is 40.0 Å². The van der Waals surface area contributed by atoms with Crippen LogP contribution in [0.3, 0.4) is 0 Å². The largest absolute Gasteiger partial charge is 0.497 e. The van der Waals surface area contributed by atoms with E-state index >= 15 is 0 Å². The zero-order valence-corrected chi connectivity index (χ0v) is 17.3. The van der Waals surface area contributed by atoms with E-state index < -0.39 is 5.97 Å². The standard InChI is InChI=1S/C22H23N3O5/c1-5-29-22(27)18-10-14(2)20(12-23-18)30-19-11-15(3)24-25(21(19)26)13-16-6-8-17(28-4)9-7-16/h6-12H,5,13H2,1-4H3. The van der Waals surface area contributed by atoms with Crippen LogP contribution in [0.5, 0.6) is 17.2 Å². The zero-order chi connectivity index (χ0) is 21.7. The van der Waals surface area contributed by atoms with Crippen molar-refractivity contribution in [3.05, 3.63) is 75.5 Å². The Morgan fingerprint density at radius 1 is 1.10 bits per heavy atom. The molecule has 2 heterocycles. The zero-order valence-electron chi connectivity index (χ0n) is 17.3. The highest BCUT2D eigenvalue weighted by atomic mass is 16.5. The Labute approximate surface area is 174 Å². The van der Waals surface area contributed by atoms with E-state index in [0.717, 1.165) is 11.3 Å². The van der Waals surface area contributed by atoms with E-state index in [0.29, 0.717) is 23.6 Å². The molecule has 0 fully saturated rings. The lowest BCUT2D eigenvalue weighted by molar-refractivity contribution is 0.0519. The Morgan fingerprint density at radius 3 is 2.47 bits per heavy atom. The predicted molar refractivity (Wildman–Crippen MR) is 110 cm³/mol. The highest BCUT2D eigenvalue weighted by Crippen LogP contribution is 2.23. The number of carbonyl (C=O) groups is 1. The molecule has 30 heavy (non-hydrogen) atoms. The van der Waals surface area contributed by atoms with Crippen molar-refractivity contribution >= 4 is 5.97 Å². The van der Waals surface area contributed by atoms with Crippen molar-refractivity contribution in [3.63, 3.8) is 0 Å². The summed E-state index contributed by atoms with van der Waals surface area (Å²) in [5.41, 5.74) is 2.00. The third kappa shape index (κ3) is 4.83. The first-order valence-electron chi connectivity index (χ1n) is 9.44. The lowest BCUT2D eigenvalue weighted by Crippen LogP contribution is -2.25. The first-order valence-corrected chi connectivity index (χ1v) is 9.44. The van der Waals surface area contributed by atoms with Gasteiger partial charge in [0.15, 0.2) is 5.75 Å². The van der Waals surface area contributed by atoms with Gasteiger partial charge in [-0.05, 0) is 50.1 Å². The summed E-state index contributed by atoms with van der Waals surface area (Å²) in [6.45, 7) is 5.84. The fourth-order valence-electron chi connectivity index (χ4n) is 2.81. The maximum Gasteiger partial charge on any atom is 0.356 e. The van der Waals surface area contributed by atoms with Crippen LogP contribution < -0.4 is 15.0 Å². The monoisotopic (exact) mass is 409 g/mol. The van der Waals surface area contributed by atoms with Crippen LogP contribution in [-0.2, 0) is 11.3 Å². The molecule has 0 aliphatic carbocycles. The van der Waals surface area contributed by atoms with Crippen LogP contribution in [0.1, 0.15) is 34.2 Å². The van der Waals surface area contributed by atoms with Gasteiger partial charge in [0, 0.05) is 6.07 Å². The molecule has 0 saturated heterocycles. The summed E-state index contributed by atoms with van der Waals surface area (Å²) in [4.78, 5) is 28.8. The lowest BCUT2D eigenvalue weighted by atomic mass is 10.2. The van der Waals surface area contributed by atoms with E-state index in [-0.39, 0.29) is 23.6 Å². The average molecular weight is 409 g/mol. The summed E-state index contributed by atoms with van der Waals surface area (Å²) in [7, 11) is 1.60. The first-order chi connectivity index (χ1) is 14.4. The molecular formula is C22H23N3O5. The molecule has 0 aliphatic rings. The predicted octanol–water partition coefficient (Wildman–Crippen LogP) is 3.28. The van der Waals surface area contributed by atoms with Gasteiger partial charge in [0.2, 0.25) is 0 Å². The lowest BCUT2D eigenvalue weighted by Gasteiger charge is -2.12. The Hall–Kier alpha value is -3.68. The molecule has 8 heteroatoms. The molecule has 0 unspecified atom stereocenters. The van der Waals surface area contributed by atoms with Gasteiger partial charge in [0.25, 0.3) is 0 Å². The van der Waals surface area contributed by atoms with Crippen molar-refractivity contribution in [2.24, 2.45) is 0 Å². The molecule has 2 aromatic heterocycles. The number of benzene rings is 1. The molecule has 8 nitrogen and oxygen atoms in total. The van der Waals surface area contributed by atoms with Crippen molar-refractivity contribution in [1.29, 1.82) is 0 Å². The normalized spacial score (nSPS) is 10.5. The van der Waals surface area contributed by atoms with Crippen LogP contribution in [0, 0.1) is 13.8 Å². The first kappa shape index (κ1) is 21.0. The van der Waals surface area contributed by atoms with Gasteiger partial charge >= 0.3 is 11.5 Å². The summed E-state index contributed by atoms with van der Waals surface area (Å²) in [6, 6.07) is 10.5. The Balaban J connectivity index is 1.86. The Bertz CT molecular complexity index is 1110. The van der Waals surface area contributed by atoms with E-state index in [1.165, 1.54) is 10.9 Å². The fourth-order valence-corrected chi connectivity index (χ4v) is 2.81. The second-order valence-corrected chi connectivity index (χ2v) is 6.62. The van der Waals surface area contributed by atoms with Gasteiger partial charge in [0.1, 0.15) is 17.2 Å². The van der Waals surface area contributed by atoms with E-state index in [4.69, 9.17) is 14.2 Å². The molecule has 0 radical (unpaired) electrons. The van der Waals surface area contributed by atoms with Gasteiger partial charge < -0.3 is 14.2 Å². The number of methoxy groups -OCH3 is 1. The fraction of sp³-hybridized carbons (Fsp3) is 0.273. The third-order valence-corrected chi connectivity index (χ3v) is 4.32. The summed E-state index contributed by atoms with van der Waals surface area (Å²) in [5, 5.41) is 4.31. The molecule has 0 aliphatic heterocycles. The molecule has 0 N–H and O–H groups in total. The molecule has 0 bridgehead atoms. The number of carbonyl (C=O) groups excluding carboxylic acids is 1. The number of hydrogen-bond donors (Lipinski definition) is 0. The van der Waals surface area contributed by atoms with Crippen molar-refractivity contribution in [1.82, 2.24) is 14.8 Å². The molecule has 1 aromatic carbocycles. The van der Waals surface area contributed by atoms with Crippen LogP contribution in [0.4, 0.5) is 0 Å². The van der Waals surface area contributed by atoms with Crippen molar-refractivity contribution in [3.8, 4) is 17.2 Å². The molecule has 0 amide bonds. The maximum absolute atomic E-state index is 12.9.